The van der Waals surface area contributed by atoms with E-state index < -0.39 is 24.8 Å². The van der Waals surface area contributed by atoms with E-state index in [2.05, 4.69) is 0 Å². The quantitative estimate of drug-likeness (QED) is 0.472. The van der Waals surface area contributed by atoms with Gasteiger partial charge in [-0.25, -0.2) is 9.36 Å². The smallest absolute Gasteiger partial charge is 0.389 e. The lowest BCUT2D eigenvalue weighted by molar-refractivity contribution is -0.158. The van der Waals surface area contributed by atoms with Crippen LogP contribution in [0.3, 0.4) is 0 Å². The molecular formula is C10H19O7PS. The molecule has 0 spiro atoms. The molecule has 0 heterocycles. The fourth-order valence-corrected chi connectivity index (χ4v) is 2.90. The molecule has 2 atom stereocenters. The largest absolute Gasteiger partial charge is 0.466 e. The Labute approximate surface area is 116 Å². The maximum absolute atomic E-state index is 12.0. The van der Waals surface area contributed by atoms with Crippen LogP contribution < -0.4 is 0 Å². The van der Waals surface area contributed by atoms with Crippen LogP contribution in [0.5, 0.6) is 0 Å². The van der Waals surface area contributed by atoms with Crippen molar-refractivity contribution in [1.82, 2.24) is 0 Å². The Bertz CT molecular complexity index is 339. The molecule has 0 rings (SSSR count). The average molecular weight is 314 g/mol. The first-order chi connectivity index (χ1) is 8.92. The number of esters is 2. The van der Waals surface area contributed by atoms with E-state index in [-0.39, 0.29) is 19.6 Å². The fraction of sp³-hybridized carbons (Fsp3) is 0.800. The molecule has 9 heteroatoms. The average Bonchev–Trinajstić information content (AvgIpc) is 2.38. The third-order valence-electron chi connectivity index (χ3n) is 1.91. The van der Waals surface area contributed by atoms with Crippen molar-refractivity contribution in [3.63, 3.8) is 0 Å². The Hall–Kier alpha value is -0.560. The number of ether oxygens (including phenoxy) is 2. The van der Waals surface area contributed by atoms with Crippen molar-refractivity contribution in [2.45, 2.75) is 26.4 Å². The third kappa shape index (κ3) is 6.96. The Morgan fingerprint density at radius 3 is 2.21 bits per heavy atom. The molecular weight excluding hydrogens is 295 g/mol. The molecule has 0 aliphatic carbocycles. The van der Waals surface area contributed by atoms with Gasteiger partial charge < -0.3 is 14.0 Å². The van der Waals surface area contributed by atoms with Crippen LogP contribution in [-0.4, -0.2) is 44.6 Å². The molecule has 0 aromatic heterocycles. The first-order valence-corrected chi connectivity index (χ1v) is 9.01. The molecule has 0 bridgehead atoms. The summed E-state index contributed by atoms with van der Waals surface area (Å²) in [5, 5.41) is 0. The van der Waals surface area contributed by atoms with Crippen LogP contribution in [-0.2, 0) is 32.7 Å². The van der Waals surface area contributed by atoms with Gasteiger partial charge in [-0.3, -0.25) is 9.32 Å². The van der Waals surface area contributed by atoms with Crippen molar-refractivity contribution in [2.24, 2.45) is 0 Å². The normalized spacial score (nSPS) is 15.4. The molecule has 112 valence electrons. The van der Waals surface area contributed by atoms with Gasteiger partial charge in [0.05, 0.1) is 19.6 Å². The highest BCUT2D eigenvalue weighted by atomic mass is 32.7. The van der Waals surface area contributed by atoms with Gasteiger partial charge >= 0.3 is 18.7 Å². The number of rotatable bonds is 9. The zero-order valence-electron chi connectivity index (χ0n) is 11.4. The summed E-state index contributed by atoms with van der Waals surface area (Å²) in [4.78, 5) is 23.0. The lowest BCUT2D eigenvalue weighted by Gasteiger charge is -2.20. The second-order valence-electron chi connectivity index (χ2n) is 3.17. The monoisotopic (exact) mass is 314 g/mol. The minimum Gasteiger partial charge on any atom is -0.466 e. The van der Waals surface area contributed by atoms with Crippen LogP contribution in [0.2, 0.25) is 0 Å². The van der Waals surface area contributed by atoms with E-state index in [1.54, 1.807) is 13.8 Å². The first-order valence-electron chi connectivity index (χ1n) is 5.64. The molecule has 0 aliphatic heterocycles. The highest BCUT2D eigenvalue weighted by Crippen LogP contribution is 2.59. The van der Waals surface area contributed by atoms with Crippen molar-refractivity contribution in [1.29, 1.82) is 0 Å². The van der Waals surface area contributed by atoms with Crippen molar-refractivity contribution < 1.29 is 32.7 Å². The van der Waals surface area contributed by atoms with Crippen molar-refractivity contribution in [2.75, 3.05) is 26.6 Å². The topological polar surface area (TPSA) is 88.1 Å². The third-order valence-corrected chi connectivity index (χ3v) is 5.36. The molecule has 7 nitrogen and oxygen atoms in total. The number of hydrogen-bond acceptors (Lipinski definition) is 8. The van der Waals surface area contributed by atoms with Gasteiger partial charge in [0.2, 0.25) is 0 Å². The fourth-order valence-electron chi connectivity index (χ4n) is 1.09. The second-order valence-corrected chi connectivity index (χ2v) is 7.44. The Morgan fingerprint density at radius 1 is 1.21 bits per heavy atom. The van der Waals surface area contributed by atoms with Crippen LogP contribution in [0, 0.1) is 0 Å². The predicted octanol–water partition coefficient (Wildman–Crippen LogP) is 2.01. The van der Waals surface area contributed by atoms with E-state index >= 15 is 0 Å². The van der Waals surface area contributed by atoms with Gasteiger partial charge in [0.15, 0.2) is 6.10 Å². The summed E-state index contributed by atoms with van der Waals surface area (Å²) in [5.41, 5.74) is 0. The summed E-state index contributed by atoms with van der Waals surface area (Å²) in [6, 6.07) is 0. The lowest BCUT2D eigenvalue weighted by Crippen LogP contribution is -2.29. The highest BCUT2D eigenvalue weighted by Gasteiger charge is 2.34. The van der Waals surface area contributed by atoms with Gasteiger partial charge in [-0.15, -0.1) is 0 Å². The van der Waals surface area contributed by atoms with E-state index in [4.69, 9.17) is 18.5 Å². The van der Waals surface area contributed by atoms with Gasteiger partial charge in [0.1, 0.15) is 0 Å². The molecule has 0 radical (unpaired) electrons. The standard InChI is InChI=1S/C10H19O7PS/c1-5-15-9(11)7-8(10(12)16-6-2)17-18(13,14-3)19-4/h8H,5-7H2,1-4H3/t8-,18?/m0/s1. The van der Waals surface area contributed by atoms with Gasteiger partial charge in [-0.05, 0) is 31.5 Å². The molecule has 0 saturated heterocycles. The summed E-state index contributed by atoms with van der Waals surface area (Å²) in [6.07, 6.45) is -0.172. The molecule has 0 amide bonds. The molecule has 0 aromatic carbocycles. The molecule has 0 aromatic rings. The highest BCUT2D eigenvalue weighted by molar-refractivity contribution is 8.54. The van der Waals surface area contributed by atoms with Gasteiger partial charge in [0.25, 0.3) is 0 Å². The predicted molar refractivity (Wildman–Crippen MR) is 70.9 cm³/mol. The molecule has 19 heavy (non-hydrogen) atoms. The minimum atomic E-state index is -3.48. The maximum Gasteiger partial charge on any atom is 0.389 e. The SMILES string of the molecule is CCOC(=O)C[C@H](OP(=O)(OC)SC)C(=O)OCC. The molecule has 0 N–H and O–H groups in total. The zero-order chi connectivity index (χ0) is 14.9. The van der Waals surface area contributed by atoms with E-state index in [0.29, 0.717) is 0 Å². The lowest BCUT2D eigenvalue weighted by atomic mass is 10.2. The van der Waals surface area contributed by atoms with Crippen LogP contribution >= 0.6 is 18.2 Å². The molecule has 0 fully saturated rings. The Morgan fingerprint density at radius 2 is 1.79 bits per heavy atom. The Kier molecular flexibility index (Phi) is 9.08. The molecule has 0 saturated carbocycles. The second kappa shape index (κ2) is 9.36. The summed E-state index contributed by atoms with van der Waals surface area (Å²) in [7, 11) is 1.20. The van der Waals surface area contributed by atoms with E-state index in [1.807, 2.05) is 0 Å². The van der Waals surface area contributed by atoms with Gasteiger partial charge in [0, 0.05) is 7.11 Å². The van der Waals surface area contributed by atoms with Crippen LogP contribution in [0.25, 0.3) is 0 Å². The van der Waals surface area contributed by atoms with Gasteiger partial charge in [-0.2, -0.15) is 0 Å². The van der Waals surface area contributed by atoms with Crippen molar-refractivity contribution in [3.05, 3.63) is 0 Å². The summed E-state index contributed by atoms with van der Waals surface area (Å²) >= 11 is 0.828. The number of carbonyl (C=O) groups is 2. The minimum absolute atomic E-state index is 0.123. The van der Waals surface area contributed by atoms with E-state index in [0.717, 1.165) is 11.4 Å². The van der Waals surface area contributed by atoms with Gasteiger partial charge in [-0.1, -0.05) is 0 Å². The first kappa shape index (κ1) is 18.4. The zero-order valence-corrected chi connectivity index (χ0v) is 13.1. The molecule has 0 aliphatic rings. The van der Waals surface area contributed by atoms with Crippen molar-refractivity contribution >= 4 is 30.1 Å². The van der Waals surface area contributed by atoms with Crippen LogP contribution in [0.4, 0.5) is 0 Å². The Balaban J connectivity index is 4.81. The molecule has 1 unspecified atom stereocenters. The van der Waals surface area contributed by atoms with E-state index in [1.165, 1.54) is 13.4 Å². The van der Waals surface area contributed by atoms with Crippen LogP contribution in [0.1, 0.15) is 20.3 Å². The van der Waals surface area contributed by atoms with E-state index in [9.17, 15) is 14.2 Å². The summed E-state index contributed by atoms with van der Waals surface area (Å²) < 4.78 is 31.3. The number of hydrogen-bond donors (Lipinski definition) is 0. The summed E-state index contributed by atoms with van der Waals surface area (Å²) in [6.45, 7) is 0.0744. The number of carbonyl (C=O) groups excluding carboxylic acids is 2. The summed E-state index contributed by atoms with van der Waals surface area (Å²) in [5.74, 6) is -1.41. The van der Waals surface area contributed by atoms with Crippen molar-refractivity contribution in [3.8, 4) is 0 Å². The maximum atomic E-state index is 12.0. The van der Waals surface area contributed by atoms with Crippen LogP contribution in [0.15, 0.2) is 0 Å².